The Morgan fingerprint density at radius 1 is 1.18 bits per heavy atom. The maximum absolute atomic E-state index is 11.9. The van der Waals surface area contributed by atoms with Gasteiger partial charge in [0.05, 0.1) is 7.11 Å². The second kappa shape index (κ2) is 10.7. The van der Waals surface area contributed by atoms with E-state index < -0.39 is 12.1 Å². The third kappa shape index (κ3) is 5.59. The number of carboxylic acids is 1. The number of hydrogen-bond acceptors (Lipinski definition) is 6. The van der Waals surface area contributed by atoms with E-state index in [1.807, 2.05) is 7.05 Å². The van der Waals surface area contributed by atoms with Crippen molar-refractivity contribution in [2.75, 3.05) is 27.3 Å². The summed E-state index contributed by atoms with van der Waals surface area (Å²) in [6.07, 6.45) is 0.306. The lowest BCUT2D eigenvalue weighted by molar-refractivity contribution is -0.142. The minimum absolute atomic E-state index is 0.201. The van der Waals surface area contributed by atoms with Gasteiger partial charge in [-0.2, -0.15) is 0 Å². The summed E-state index contributed by atoms with van der Waals surface area (Å²) in [7, 11) is 3.28. The van der Waals surface area contributed by atoms with Gasteiger partial charge in [-0.15, -0.1) is 0 Å². The predicted molar refractivity (Wildman–Crippen MR) is 105 cm³/mol. The molecule has 0 aliphatic carbocycles. The lowest BCUT2D eigenvalue weighted by Gasteiger charge is -2.20. The number of carbonyl (C=O) groups is 2. The summed E-state index contributed by atoms with van der Waals surface area (Å²) in [5.74, 6) is -0.0227. The molecule has 0 radical (unpaired) electrons. The van der Waals surface area contributed by atoms with Crippen molar-refractivity contribution in [2.45, 2.75) is 6.10 Å². The van der Waals surface area contributed by atoms with Gasteiger partial charge >= 0.3 is 5.97 Å². The Balaban J connectivity index is 2.36. The average molecular weight is 385 g/mol. The molecule has 148 valence electrons. The summed E-state index contributed by atoms with van der Waals surface area (Å²) in [5.41, 5.74) is 0.712. The predicted octanol–water partition coefficient (Wildman–Crippen LogP) is 2.41. The van der Waals surface area contributed by atoms with E-state index in [1.54, 1.807) is 48.5 Å². The maximum atomic E-state index is 11.9. The maximum Gasteiger partial charge on any atom is 0.349 e. The number of nitrogens with one attached hydrogen (secondary N) is 1. The first-order valence-corrected chi connectivity index (χ1v) is 8.66. The number of benzene rings is 2. The highest BCUT2D eigenvalue weighted by Gasteiger charge is 2.27. The standard InChI is InChI=1S/C21H23NO6/c1-22-11-13-27-16-7-5-6-15(14-16)17(10-12-23)20(21(24)25)28-19-9-4-3-8-18(19)26-2/h3-10,12,14,20,22H,11,13H2,1-2H3,(H,24,25). The molecule has 0 fully saturated rings. The molecule has 0 aromatic heterocycles. The van der Waals surface area contributed by atoms with E-state index in [1.165, 1.54) is 13.2 Å². The van der Waals surface area contributed by atoms with Gasteiger partial charge in [0, 0.05) is 12.1 Å². The number of aliphatic carboxylic acids is 1. The molecule has 7 heteroatoms. The van der Waals surface area contributed by atoms with Crippen LogP contribution in [0.15, 0.2) is 54.6 Å². The number of allylic oxidation sites excluding steroid dienone is 1. The molecule has 7 nitrogen and oxygen atoms in total. The van der Waals surface area contributed by atoms with Crippen molar-refractivity contribution in [3.8, 4) is 17.2 Å². The molecule has 2 aromatic rings. The Morgan fingerprint density at radius 3 is 2.57 bits per heavy atom. The van der Waals surface area contributed by atoms with E-state index in [0.717, 1.165) is 0 Å². The van der Waals surface area contributed by atoms with Crippen LogP contribution < -0.4 is 19.5 Å². The first kappa shape index (κ1) is 21.0. The van der Waals surface area contributed by atoms with Gasteiger partial charge in [-0.05, 0) is 43.0 Å². The van der Waals surface area contributed by atoms with Crippen LogP contribution in [0.2, 0.25) is 0 Å². The molecule has 0 bridgehead atoms. The van der Waals surface area contributed by atoms with Gasteiger partial charge in [-0.1, -0.05) is 24.3 Å². The number of likely N-dealkylation sites (N-methyl/N-ethyl adjacent to an activating group) is 1. The summed E-state index contributed by atoms with van der Waals surface area (Å²) in [6, 6.07) is 13.6. The van der Waals surface area contributed by atoms with Gasteiger partial charge in [0.2, 0.25) is 6.10 Å². The van der Waals surface area contributed by atoms with Gasteiger partial charge in [0.15, 0.2) is 11.5 Å². The van der Waals surface area contributed by atoms with Crippen molar-refractivity contribution in [3.63, 3.8) is 0 Å². The van der Waals surface area contributed by atoms with Gasteiger partial charge in [-0.25, -0.2) is 4.79 Å². The number of carbonyl (C=O) groups excluding carboxylic acids is 1. The van der Waals surface area contributed by atoms with E-state index in [-0.39, 0.29) is 11.3 Å². The summed E-state index contributed by atoms with van der Waals surface area (Å²) in [4.78, 5) is 23.1. The summed E-state index contributed by atoms with van der Waals surface area (Å²) in [6.45, 7) is 1.11. The molecule has 0 saturated carbocycles. The quantitative estimate of drug-likeness (QED) is 0.348. The Kier molecular flexibility index (Phi) is 8.05. The van der Waals surface area contributed by atoms with E-state index >= 15 is 0 Å². The number of ether oxygens (including phenoxy) is 3. The zero-order valence-corrected chi connectivity index (χ0v) is 15.8. The van der Waals surface area contributed by atoms with Crippen molar-refractivity contribution in [3.05, 3.63) is 60.2 Å². The summed E-state index contributed by atoms with van der Waals surface area (Å²) < 4.78 is 16.5. The molecule has 0 spiro atoms. The van der Waals surface area contributed by atoms with Crippen LogP contribution >= 0.6 is 0 Å². The molecule has 0 aliphatic rings. The van der Waals surface area contributed by atoms with Crippen LogP contribution in [0.5, 0.6) is 17.2 Å². The van der Waals surface area contributed by atoms with Crippen LogP contribution in [0, 0.1) is 0 Å². The number of hydrogen-bond donors (Lipinski definition) is 2. The number of para-hydroxylation sites is 2. The molecule has 2 aromatic carbocycles. The monoisotopic (exact) mass is 385 g/mol. The van der Waals surface area contributed by atoms with Gasteiger partial charge < -0.3 is 24.6 Å². The van der Waals surface area contributed by atoms with Gasteiger partial charge in [0.25, 0.3) is 0 Å². The largest absolute Gasteiger partial charge is 0.493 e. The second-order valence-electron chi connectivity index (χ2n) is 5.72. The van der Waals surface area contributed by atoms with E-state index in [9.17, 15) is 14.7 Å². The zero-order valence-electron chi connectivity index (χ0n) is 15.8. The third-order valence-electron chi connectivity index (χ3n) is 3.86. The van der Waals surface area contributed by atoms with Gasteiger partial charge in [-0.3, -0.25) is 4.79 Å². The summed E-state index contributed by atoms with van der Waals surface area (Å²) in [5, 5.41) is 12.7. The minimum atomic E-state index is -1.41. The van der Waals surface area contributed by atoms with Crippen molar-refractivity contribution < 1.29 is 28.9 Å². The first-order chi connectivity index (χ1) is 13.6. The van der Waals surface area contributed by atoms with Crippen molar-refractivity contribution in [1.82, 2.24) is 5.32 Å². The molecular weight excluding hydrogens is 362 g/mol. The topological polar surface area (TPSA) is 94.1 Å². The SMILES string of the molecule is CNCCOc1cccc(C(=CC=O)C(Oc2ccccc2OC)C(=O)O)c1. The number of aldehydes is 1. The van der Waals surface area contributed by atoms with E-state index in [4.69, 9.17) is 14.2 Å². The highest BCUT2D eigenvalue weighted by molar-refractivity contribution is 5.95. The van der Waals surface area contributed by atoms with E-state index in [0.29, 0.717) is 36.5 Å². The van der Waals surface area contributed by atoms with Gasteiger partial charge in [0.1, 0.15) is 18.6 Å². The molecule has 0 aliphatic heterocycles. The number of carboxylic acid groups (broad SMARTS) is 1. The van der Waals surface area contributed by atoms with Crippen LogP contribution in [0.25, 0.3) is 5.57 Å². The van der Waals surface area contributed by atoms with Crippen LogP contribution in [0.4, 0.5) is 0 Å². The highest BCUT2D eigenvalue weighted by Crippen LogP contribution is 2.31. The second-order valence-corrected chi connectivity index (χ2v) is 5.72. The lowest BCUT2D eigenvalue weighted by atomic mass is 9.99. The van der Waals surface area contributed by atoms with Crippen molar-refractivity contribution >= 4 is 17.8 Å². The Bertz CT molecular complexity index is 833. The molecule has 28 heavy (non-hydrogen) atoms. The molecule has 0 heterocycles. The lowest BCUT2D eigenvalue weighted by Crippen LogP contribution is -2.29. The minimum Gasteiger partial charge on any atom is -0.493 e. The number of rotatable bonds is 11. The average Bonchev–Trinajstić information content (AvgIpc) is 2.71. The smallest absolute Gasteiger partial charge is 0.349 e. The number of methoxy groups -OCH3 is 1. The Labute approximate surface area is 163 Å². The van der Waals surface area contributed by atoms with Crippen molar-refractivity contribution in [2.24, 2.45) is 0 Å². The molecule has 2 rings (SSSR count). The molecule has 1 unspecified atom stereocenters. The van der Waals surface area contributed by atoms with Crippen LogP contribution in [0.1, 0.15) is 5.56 Å². The fourth-order valence-corrected chi connectivity index (χ4v) is 2.53. The van der Waals surface area contributed by atoms with Crippen LogP contribution in [-0.4, -0.2) is 50.8 Å². The first-order valence-electron chi connectivity index (χ1n) is 8.66. The van der Waals surface area contributed by atoms with Crippen molar-refractivity contribution in [1.29, 1.82) is 0 Å². The molecule has 0 amide bonds. The highest BCUT2D eigenvalue weighted by atomic mass is 16.5. The van der Waals surface area contributed by atoms with E-state index in [2.05, 4.69) is 5.32 Å². The van der Waals surface area contributed by atoms with Crippen LogP contribution in [-0.2, 0) is 9.59 Å². The molecule has 2 N–H and O–H groups in total. The Morgan fingerprint density at radius 2 is 1.93 bits per heavy atom. The Hall–Kier alpha value is -3.32. The summed E-state index contributed by atoms with van der Waals surface area (Å²) >= 11 is 0. The molecular formula is C21H23NO6. The fourth-order valence-electron chi connectivity index (χ4n) is 2.53. The third-order valence-corrected chi connectivity index (χ3v) is 3.86. The molecule has 1 atom stereocenters. The van der Waals surface area contributed by atoms with Crippen LogP contribution in [0.3, 0.4) is 0 Å². The fraction of sp³-hybridized carbons (Fsp3) is 0.238. The normalized spacial score (nSPS) is 12.1. The zero-order chi connectivity index (χ0) is 20.4. The molecule has 0 saturated heterocycles.